The van der Waals surface area contributed by atoms with Crippen LogP contribution in [0.25, 0.3) is 5.69 Å². The van der Waals surface area contributed by atoms with E-state index >= 15 is 0 Å². The fourth-order valence-corrected chi connectivity index (χ4v) is 1.96. The predicted molar refractivity (Wildman–Crippen MR) is 71.5 cm³/mol. The quantitative estimate of drug-likeness (QED) is 0.652. The van der Waals surface area contributed by atoms with Crippen LogP contribution in [0.1, 0.15) is 10.5 Å². The smallest absolute Gasteiger partial charge is 0.363 e. The van der Waals surface area contributed by atoms with Crippen molar-refractivity contribution in [1.29, 1.82) is 0 Å². The zero-order valence-corrected chi connectivity index (χ0v) is 11.6. The molecule has 11 heteroatoms. The number of nitrogens with zero attached hydrogens (tertiary/aromatic N) is 4. The molecule has 0 aliphatic rings. The van der Waals surface area contributed by atoms with Gasteiger partial charge in [0.05, 0.1) is 9.85 Å². The number of carbonyl (C=O) groups is 1. The standard InChI is InChI=1S/C10H5BrN4O6/c11-5-1-2-6(7(3-5)14(18)19)13-4-8(15(20)21)9(12-13)10(16)17/h1-4H,(H,16,17). The van der Waals surface area contributed by atoms with Crippen LogP contribution >= 0.6 is 15.9 Å². The summed E-state index contributed by atoms with van der Waals surface area (Å²) in [5.74, 6) is -1.60. The molecular formula is C10H5BrN4O6. The molecule has 1 aromatic carbocycles. The highest BCUT2D eigenvalue weighted by Gasteiger charge is 2.27. The number of halogens is 1. The van der Waals surface area contributed by atoms with Gasteiger partial charge in [-0.25, -0.2) is 9.48 Å². The van der Waals surface area contributed by atoms with E-state index in [-0.39, 0.29) is 11.4 Å². The SMILES string of the molecule is O=C(O)c1nn(-c2ccc(Br)cc2[N+](=O)[O-])cc1[N+](=O)[O-]. The fourth-order valence-electron chi connectivity index (χ4n) is 1.61. The van der Waals surface area contributed by atoms with Crippen LogP contribution in [-0.4, -0.2) is 30.7 Å². The Labute approximate surface area is 124 Å². The second-order valence-electron chi connectivity index (χ2n) is 3.76. The summed E-state index contributed by atoms with van der Waals surface area (Å²) in [6.45, 7) is 0. The molecule has 0 spiro atoms. The minimum absolute atomic E-state index is 0.0844. The summed E-state index contributed by atoms with van der Waals surface area (Å²) >= 11 is 3.07. The Morgan fingerprint density at radius 1 is 1.24 bits per heavy atom. The van der Waals surface area contributed by atoms with Crippen LogP contribution in [0.3, 0.4) is 0 Å². The minimum atomic E-state index is -1.60. The number of aromatic carboxylic acids is 1. The lowest BCUT2D eigenvalue weighted by atomic mass is 10.3. The lowest BCUT2D eigenvalue weighted by molar-refractivity contribution is -0.385. The normalized spacial score (nSPS) is 10.3. The van der Waals surface area contributed by atoms with Gasteiger partial charge in [0, 0.05) is 10.5 Å². The molecule has 0 unspecified atom stereocenters. The molecule has 0 bridgehead atoms. The van der Waals surface area contributed by atoms with E-state index in [1.54, 1.807) is 0 Å². The van der Waals surface area contributed by atoms with Crippen molar-refractivity contribution in [2.24, 2.45) is 0 Å². The van der Waals surface area contributed by atoms with Crippen molar-refractivity contribution in [3.05, 3.63) is 54.8 Å². The summed E-state index contributed by atoms with van der Waals surface area (Å²) in [6.07, 6.45) is 0.819. The summed E-state index contributed by atoms with van der Waals surface area (Å²) in [5, 5.41) is 34.2. The van der Waals surface area contributed by atoms with Gasteiger partial charge < -0.3 is 5.11 Å². The summed E-state index contributed by atoms with van der Waals surface area (Å²) in [6, 6.07) is 3.95. The highest BCUT2D eigenvalue weighted by molar-refractivity contribution is 9.10. The molecule has 1 N–H and O–H groups in total. The first-order valence-electron chi connectivity index (χ1n) is 5.23. The first-order chi connectivity index (χ1) is 9.81. The van der Waals surface area contributed by atoms with Gasteiger partial charge in [0.15, 0.2) is 0 Å². The molecule has 0 radical (unpaired) electrons. The molecular weight excluding hydrogens is 352 g/mol. The molecule has 0 aliphatic carbocycles. The second-order valence-corrected chi connectivity index (χ2v) is 4.68. The molecule has 1 aromatic heterocycles. The maximum atomic E-state index is 11.0. The minimum Gasteiger partial charge on any atom is -0.476 e. The Balaban J connectivity index is 2.68. The van der Waals surface area contributed by atoms with E-state index in [1.807, 2.05) is 0 Å². The van der Waals surface area contributed by atoms with Crippen molar-refractivity contribution in [3.8, 4) is 5.69 Å². The maximum absolute atomic E-state index is 11.0. The lowest BCUT2D eigenvalue weighted by Crippen LogP contribution is -2.04. The average Bonchev–Trinajstić information content (AvgIpc) is 2.83. The predicted octanol–water partition coefficient (Wildman–Crippen LogP) is 2.15. The van der Waals surface area contributed by atoms with Crippen LogP contribution in [0.4, 0.5) is 11.4 Å². The molecule has 0 fully saturated rings. The Kier molecular flexibility index (Phi) is 3.67. The fraction of sp³-hybridized carbons (Fsp3) is 0. The zero-order chi connectivity index (χ0) is 15.7. The monoisotopic (exact) mass is 356 g/mol. The number of nitro benzene ring substituents is 1. The first kappa shape index (κ1) is 14.6. The number of benzene rings is 1. The maximum Gasteiger partial charge on any atom is 0.363 e. The second kappa shape index (κ2) is 5.28. The Morgan fingerprint density at radius 3 is 2.33 bits per heavy atom. The van der Waals surface area contributed by atoms with Gasteiger partial charge in [-0.2, -0.15) is 5.10 Å². The van der Waals surface area contributed by atoms with Crippen molar-refractivity contribution >= 4 is 33.3 Å². The highest BCUT2D eigenvalue weighted by atomic mass is 79.9. The largest absolute Gasteiger partial charge is 0.476 e. The van der Waals surface area contributed by atoms with Crippen LogP contribution in [0.2, 0.25) is 0 Å². The molecule has 0 saturated heterocycles. The molecule has 1 heterocycles. The number of rotatable bonds is 4. The van der Waals surface area contributed by atoms with Gasteiger partial charge in [-0.1, -0.05) is 15.9 Å². The van der Waals surface area contributed by atoms with Crippen molar-refractivity contribution in [3.63, 3.8) is 0 Å². The summed E-state index contributed by atoms with van der Waals surface area (Å²) in [7, 11) is 0. The zero-order valence-electron chi connectivity index (χ0n) is 9.96. The number of carboxylic acid groups (broad SMARTS) is 1. The number of hydrogen-bond acceptors (Lipinski definition) is 6. The molecule has 21 heavy (non-hydrogen) atoms. The molecule has 2 aromatic rings. The number of aromatic nitrogens is 2. The molecule has 2 rings (SSSR count). The molecule has 0 amide bonds. The van der Waals surface area contributed by atoms with Crippen molar-refractivity contribution in [2.45, 2.75) is 0 Å². The number of nitro groups is 2. The van der Waals surface area contributed by atoms with E-state index in [0.29, 0.717) is 4.47 Å². The van der Waals surface area contributed by atoms with E-state index in [2.05, 4.69) is 21.0 Å². The highest BCUT2D eigenvalue weighted by Crippen LogP contribution is 2.28. The Bertz CT molecular complexity index is 739. The number of carboxylic acids is 1. The van der Waals surface area contributed by atoms with E-state index in [9.17, 15) is 25.0 Å². The third-order valence-corrected chi connectivity index (χ3v) is 2.97. The molecule has 0 saturated carbocycles. The van der Waals surface area contributed by atoms with Gasteiger partial charge in [0.25, 0.3) is 5.69 Å². The van der Waals surface area contributed by atoms with E-state index in [0.717, 1.165) is 10.9 Å². The van der Waals surface area contributed by atoms with Crippen LogP contribution < -0.4 is 0 Å². The van der Waals surface area contributed by atoms with Gasteiger partial charge in [0.2, 0.25) is 5.69 Å². The lowest BCUT2D eigenvalue weighted by Gasteiger charge is -2.02. The third kappa shape index (κ3) is 2.72. The van der Waals surface area contributed by atoms with E-state index in [1.165, 1.54) is 18.2 Å². The summed E-state index contributed by atoms with van der Waals surface area (Å²) in [5.41, 5.74) is -2.01. The topological polar surface area (TPSA) is 141 Å². The van der Waals surface area contributed by atoms with Gasteiger partial charge >= 0.3 is 11.7 Å². The average molecular weight is 357 g/mol. The van der Waals surface area contributed by atoms with Gasteiger partial charge in [-0.15, -0.1) is 0 Å². The van der Waals surface area contributed by atoms with Gasteiger partial charge in [-0.05, 0) is 12.1 Å². The van der Waals surface area contributed by atoms with Crippen molar-refractivity contribution in [2.75, 3.05) is 0 Å². The molecule has 10 nitrogen and oxygen atoms in total. The molecule has 0 atom stereocenters. The van der Waals surface area contributed by atoms with Crippen molar-refractivity contribution in [1.82, 2.24) is 9.78 Å². The summed E-state index contributed by atoms with van der Waals surface area (Å²) < 4.78 is 1.23. The first-order valence-corrected chi connectivity index (χ1v) is 6.02. The van der Waals surface area contributed by atoms with Crippen LogP contribution in [0.5, 0.6) is 0 Å². The Hall–Kier alpha value is -2.82. The van der Waals surface area contributed by atoms with Crippen LogP contribution in [-0.2, 0) is 0 Å². The van der Waals surface area contributed by atoms with Crippen LogP contribution in [0, 0.1) is 20.2 Å². The van der Waals surface area contributed by atoms with Crippen molar-refractivity contribution < 1.29 is 19.7 Å². The molecule has 0 aliphatic heterocycles. The Morgan fingerprint density at radius 2 is 1.86 bits per heavy atom. The van der Waals surface area contributed by atoms with E-state index in [4.69, 9.17) is 5.11 Å². The van der Waals surface area contributed by atoms with E-state index < -0.39 is 27.2 Å². The van der Waals surface area contributed by atoms with Crippen LogP contribution in [0.15, 0.2) is 28.9 Å². The molecule has 108 valence electrons. The number of hydrogen-bond donors (Lipinski definition) is 1. The summed E-state index contributed by atoms with van der Waals surface area (Å²) in [4.78, 5) is 31.1. The third-order valence-electron chi connectivity index (χ3n) is 2.48. The van der Waals surface area contributed by atoms with Gasteiger partial charge in [0.1, 0.15) is 11.9 Å². The van der Waals surface area contributed by atoms with Gasteiger partial charge in [-0.3, -0.25) is 20.2 Å².